The van der Waals surface area contributed by atoms with Gasteiger partial charge in [0.15, 0.2) is 0 Å². The monoisotopic (exact) mass is 273 g/mol. The number of aliphatic hydroxyl groups excluding tert-OH is 2. The predicted octanol–water partition coefficient (Wildman–Crippen LogP) is 1.23. The van der Waals surface area contributed by atoms with E-state index in [2.05, 4.69) is 5.32 Å². The lowest BCUT2D eigenvalue weighted by atomic mass is 10.1. The first-order chi connectivity index (χ1) is 8.63. The summed E-state index contributed by atoms with van der Waals surface area (Å²) in [7, 11) is 0. The van der Waals surface area contributed by atoms with Crippen LogP contribution in [0.1, 0.15) is 18.7 Å². The van der Waals surface area contributed by atoms with Crippen LogP contribution in [0.2, 0.25) is 0 Å². The van der Waals surface area contributed by atoms with Gasteiger partial charge in [-0.2, -0.15) is 0 Å². The van der Waals surface area contributed by atoms with Gasteiger partial charge in [0.25, 0.3) is 0 Å². The maximum atomic E-state index is 9.73. The second-order valence-corrected chi connectivity index (χ2v) is 5.64. The minimum absolute atomic E-state index is 0.152. The molecule has 0 aliphatic rings. The van der Waals surface area contributed by atoms with Crippen molar-refractivity contribution in [3.8, 4) is 0 Å². The highest BCUT2D eigenvalue weighted by Crippen LogP contribution is 2.09. The summed E-state index contributed by atoms with van der Waals surface area (Å²) in [5.74, 6) is 0.184. The Balaban J connectivity index is 2.08. The first-order valence-electron chi connectivity index (χ1n) is 6.26. The Bertz CT molecular complexity index is 305. The Kier molecular flexibility index (Phi) is 7.46. The normalized spacial score (nSPS) is 16.4. The summed E-state index contributed by atoms with van der Waals surface area (Å²) in [6.07, 6.45) is -0.515. The molecule has 5 heteroatoms. The highest BCUT2D eigenvalue weighted by Gasteiger charge is 2.12. The van der Waals surface area contributed by atoms with Crippen molar-refractivity contribution < 1.29 is 14.9 Å². The van der Waals surface area contributed by atoms with Crippen molar-refractivity contribution in [3.63, 3.8) is 0 Å². The van der Waals surface area contributed by atoms with Gasteiger partial charge in [-0.3, -0.25) is 0 Å². The fourth-order valence-corrected chi connectivity index (χ4v) is 2.07. The van der Waals surface area contributed by atoms with E-state index in [1.165, 1.54) is 0 Å². The molecule has 1 rings (SSSR count). The molecule has 4 nitrogen and oxygen atoms in total. The molecule has 1 heterocycles. The van der Waals surface area contributed by atoms with Crippen LogP contribution in [0.4, 0.5) is 0 Å². The van der Waals surface area contributed by atoms with Crippen molar-refractivity contribution in [2.75, 3.05) is 19.8 Å². The number of hydrogen-bond donors (Lipinski definition) is 3. The van der Waals surface area contributed by atoms with E-state index >= 15 is 0 Å². The van der Waals surface area contributed by atoms with E-state index in [0.29, 0.717) is 19.8 Å². The summed E-state index contributed by atoms with van der Waals surface area (Å²) < 4.78 is 5.43. The molecule has 1 aromatic heterocycles. The molecular weight excluding hydrogens is 250 g/mol. The van der Waals surface area contributed by atoms with Gasteiger partial charge in [0.05, 0.1) is 19.3 Å². The van der Waals surface area contributed by atoms with Gasteiger partial charge in [0.1, 0.15) is 0 Å². The van der Waals surface area contributed by atoms with Crippen LogP contribution < -0.4 is 5.32 Å². The standard InChI is InChI=1S/C13H23NO3S/c1-10(7-15)11(2)14-6-12(16)8-17-9-13-4-3-5-18-13/h3-5,10-12,14-16H,6-9H2,1-2H3. The predicted molar refractivity (Wildman–Crippen MR) is 73.7 cm³/mol. The summed E-state index contributed by atoms with van der Waals surface area (Å²) in [4.78, 5) is 1.16. The second-order valence-electron chi connectivity index (χ2n) is 4.61. The summed E-state index contributed by atoms with van der Waals surface area (Å²) in [5, 5.41) is 23.9. The third-order valence-corrected chi connectivity index (χ3v) is 3.80. The van der Waals surface area contributed by atoms with Gasteiger partial charge in [-0.1, -0.05) is 13.0 Å². The van der Waals surface area contributed by atoms with E-state index < -0.39 is 6.10 Å². The van der Waals surface area contributed by atoms with E-state index in [9.17, 15) is 5.11 Å². The van der Waals surface area contributed by atoms with Crippen LogP contribution in [-0.4, -0.2) is 42.1 Å². The van der Waals surface area contributed by atoms with Crippen LogP contribution in [-0.2, 0) is 11.3 Å². The quantitative estimate of drug-likeness (QED) is 0.633. The molecule has 18 heavy (non-hydrogen) atoms. The Morgan fingerprint density at radius 3 is 2.83 bits per heavy atom. The summed E-state index contributed by atoms with van der Waals surface area (Å²) in [5.41, 5.74) is 0. The second kappa shape index (κ2) is 8.61. The molecule has 3 atom stereocenters. The minimum Gasteiger partial charge on any atom is -0.396 e. The fraction of sp³-hybridized carbons (Fsp3) is 0.692. The molecule has 0 aliphatic carbocycles. The van der Waals surface area contributed by atoms with Crippen molar-refractivity contribution in [2.24, 2.45) is 5.92 Å². The molecule has 0 amide bonds. The molecule has 3 N–H and O–H groups in total. The lowest BCUT2D eigenvalue weighted by Crippen LogP contribution is -2.40. The van der Waals surface area contributed by atoms with Crippen LogP contribution in [0.5, 0.6) is 0 Å². The fourth-order valence-electron chi connectivity index (χ4n) is 1.43. The van der Waals surface area contributed by atoms with E-state index in [1.807, 2.05) is 31.4 Å². The molecule has 0 aliphatic heterocycles. The van der Waals surface area contributed by atoms with E-state index in [-0.39, 0.29) is 18.6 Å². The maximum Gasteiger partial charge on any atom is 0.0897 e. The van der Waals surface area contributed by atoms with E-state index in [0.717, 1.165) is 4.88 Å². The molecule has 0 fully saturated rings. The van der Waals surface area contributed by atoms with Gasteiger partial charge in [-0.25, -0.2) is 0 Å². The summed E-state index contributed by atoms with van der Waals surface area (Å²) in [6, 6.07) is 4.18. The van der Waals surface area contributed by atoms with E-state index in [4.69, 9.17) is 9.84 Å². The van der Waals surface area contributed by atoms with Crippen molar-refractivity contribution in [1.82, 2.24) is 5.32 Å². The number of hydrogen-bond acceptors (Lipinski definition) is 5. The average Bonchev–Trinajstić information content (AvgIpc) is 2.88. The Hall–Kier alpha value is -0.460. The van der Waals surface area contributed by atoms with Gasteiger partial charge in [-0.15, -0.1) is 11.3 Å². The number of thiophene rings is 1. The van der Waals surface area contributed by atoms with Gasteiger partial charge in [0, 0.05) is 24.1 Å². The van der Waals surface area contributed by atoms with Crippen molar-refractivity contribution in [2.45, 2.75) is 32.6 Å². The highest BCUT2D eigenvalue weighted by atomic mass is 32.1. The molecule has 3 unspecified atom stereocenters. The zero-order valence-corrected chi connectivity index (χ0v) is 11.8. The first kappa shape index (κ1) is 15.6. The summed E-state index contributed by atoms with van der Waals surface area (Å²) >= 11 is 1.65. The molecular formula is C13H23NO3S. The zero-order valence-electron chi connectivity index (χ0n) is 11.0. The molecule has 0 saturated heterocycles. The van der Waals surface area contributed by atoms with Gasteiger partial charge in [0.2, 0.25) is 0 Å². The van der Waals surface area contributed by atoms with E-state index in [1.54, 1.807) is 11.3 Å². The van der Waals surface area contributed by atoms with Gasteiger partial charge in [-0.05, 0) is 24.3 Å². The van der Waals surface area contributed by atoms with Crippen LogP contribution in [0.25, 0.3) is 0 Å². The van der Waals surface area contributed by atoms with Crippen LogP contribution >= 0.6 is 11.3 Å². The van der Waals surface area contributed by atoms with Crippen LogP contribution in [0, 0.1) is 5.92 Å². The van der Waals surface area contributed by atoms with Crippen LogP contribution in [0.3, 0.4) is 0 Å². The van der Waals surface area contributed by atoms with Crippen molar-refractivity contribution in [1.29, 1.82) is 0 Å². The zero-order chi connectivity index (χ0) is 13.4. The average molecular weight is 273 g/mol. The minimum atomic E-state index is -0.515. The van der Waals surface area contributed by atoms with Crippen LogP contribution in [0.15, 0.2) is 17.5 Å². The maximum absolute atomic E-state index is 9.73. The Morgan fingerprint density at radius 2 is 2.22 bits per heavy atom. The number of rotatable bonds is 9. The van der Waals surface area contributed by atoms with Gasteiger partial charge >= 0.3 is 0 Å². The molecule has 0 aromatic carbocycles. The molecule has 0 spiro atoms. The Labute approximate surface area is 113 Å². The highest BCUT2D eigenvalue weighted by molar-refractivity contribution is 7.09. The molecule has 104 valence electrons. The molecule has 1 aromatic rings. The summed E-state index contributed by atoms with van der Waals surface area (Å²) in [6.45, 7) is 5.48. The smallest absolute Gasteiger partial charge is 0.0897 e. The third kappa shape index (κ3) is 5.93. The third-order valence-electron chi connectivity index (χ3n) is 2.95. The SMILES string of the molecule is CC(CO)C(C)NCC(O)COCc1cccs1. The molecule has 0 bridgehead atoms. The molecule has 0 radical (unpaired) electrons. The number of nitrogens with one attached hydrogen (secondary N) is 1. The molecule has 0 saturated carbocycles. The van der Waals surface area contributed by atoms with Gasteiger partial charge < -0.3 is 20.3 Å². The Morgan fingerprint density at radius 1 is 1.44 bits per heavy atom. The lowest BCUT2D eigenvalue weighted by molar-refractivity contribution is 0.0275. The lowest BCUT2D eigenvalue weighted by Gasteiger charge is -2.21. The van der Waals surface area contributed by atoms with Crippen molar-refractivity contribution in [3.05, 3.63) is 22.4 Å². The largest absolute Gasteiger partial charge is 0.396 e. The van der Waals surface area contributed by atoms with Crippen molar-refractivity contribution >= 4 is 11.3 Å². The number of ether oxygens (including phenoxy) is 1. The topological polar surface area (TPSA) is 61.7 Å². The first-order valence-corrected chi connectivity index (χ1v) is 7.14. The number of aliphatic hydroxyl groups is 2.